The monoisotopic (exact) mass is 403 g/mol. The summed E-state index contributed by atoms with van der Waals surface area (Å²) >= 11 is 1.71. The van der Waals surface area contributed by atoms with Crippen molar-refractivity contribution in [3.05, 3.63) is 90.0 Å². The predicted octanol–water partition coefficient (Wildman–Crippen LogP) is 5.71. The Hall–Kier alpha value is -2.56. The number of rotatable bonds is 6. The molecule has 1 fully saturated rings. The first-order valence-corrected chi connectivity index (χ1v) is 11.2. The summed E-state index contributed by atoms with van der Waals surface area (Å²) in [4.78, 5) is 15.2. The average Bonchev–Trinajstić information content (AvgIpc) is 3.25. The molecule has 0 spiro atoms. The molecular formula is C25H25NO2S. The summed E-state index contributed by atoms with van der Waals surface area (Å²) in [5.41, 5.74) is 4.63. The van der Waals surface area contributed by atoms with Crippen LogP contribution in [0.1, 0.15) is 30.0 Å². The third-order valence-electron chi connectivity index (χ3n) is 5.68. The van der Waals surface area contributed by atoms with Gasteiger partial charge in [-0.25, -0.2) is 0 Å². The molecule has 3 aromatic carbocycles. The van der Waals surface area contributed by atoms with Gasteiger partial charge in [-0.15, -0.1) is 11.8 Å². The van der Waals surface area contributed by atoms with Crippen LogP contribution in [0.5, 0.6) is 0 Å². The lowest BCUT2D eigenvalue weighted by molar-refractivity contribution is -0.142. The van der Waals surface area contributed by atoms with Crippen LogP contribution in [0.25, 0.3) is 11.1 Å². The summed E-state index contributed by atoms with van der Waals surface area (Å²) in [6.45, 7) is 0.798. The molecule has 1 aliphatic heterocycles. The van der Waals surface area contributed by atoms with E-state index in [4.69, 9.17) is 0 Å². The van der Waals surface area contributed by atoms with E-state index in [0.717, 1.165) is 24.1 Å². The summed E-state index contributed by atoms with van der Waals surface area (Å²) in [7, 11) is 0. The topological polar surface area (TPSA) is 40.5 Å². The van der Waals surface area contributed by atoms with Crippen LogP contribution in [0.2, 0.25) is 0 Å². The van der Waals surface area contributed by atoms with Crippen LogP contribution < -0.4 is 0 Å². The van der Waals surface area contributed by atoms with Gasteiger partial charge in [0.05, 0.1) is 6.04 Å². The Morgan fingerprint density at radius 3 is 2.10 bits per heavy atom. The Morgan fingerprint density at radius 2 is 1.52 bits per heavy atom. The molecule has 148 valence electrons. The van der Waals surface area contributed by atoms with E-state index in [-0.39, 0.29) is 6.04 Å². The number of hydrogen-bond donors (Lipinski definition) is 1. The number of benzene rings is 3. The van der Waals surface area contributed by atoms with E-state index in [9.17, 15) is 9.90 Å². The van der Waals surface area contributed by atoms with Crippen LogP contribution in [0.4, 0.5) is 0 Å². The number of likely N-dealkylation sites (tertiary alicyclic amines) is 1. The van der Waals surface area contributed by atoms with Crippen LogP contribution in [0.3, 0.4) is 0 Å². The quantitative estimate of drug-likeness (QED) is 0.535. The predicted molar refractivity (Wildman–Crippen MR) is 119 cm³/mol. The van der Waals surface area contributed by atoms with Gasteiger partial charge in [0.1, 0.15) is 6.04 Å². The fourth-order valence-corrected chi connectivity index (χ4v) is 4.62. The second kappa shape index (κ2) is 8.85. The van der Waals surface area contributed by atoms with Crippen LogP contribution in [-0.2, 0) is 4.79 Å². The van der Waals surface area contributed by atoms with Gasteiger partial charge < -0.3 is 5.11 Å². The molecule has 1 heterocycles. The van der Waals surface area contributed by atoms with Gasteiger partial charge in [0, 0.05) is 11.4 Å². The second-order valence-corrected chi connectivity index (χ2v) is 8.28. The van der Waals surface area contributed by atoms with E-state index in [1.165, 1.54) is 16.0 Å². The van der Waals surface area contributed by atoms with Crippen LogP contribution in [0, 0.1) is 0 Å². The Bertz CT molecular complexity index is 954. The van der Waals surface area contributed by atoms with E-state index >= 15 is 0 Å². The number of nitrogens with zero attached hydrogens (tertiary/aromatic N) is 1. The van der Waals surface area contributed by atoms with Crippen molar-refractivity contribution in [1.29, 1.82) is 0 Å². The van der Waals surface area contributed by atoms with Gasteiger partial charge in [-0.05, 0) is 53.5 Å². The molecule has 4 heteroatoms. The smallest absolute Gasteiger partial charge is 0.320 e. The van der Waals surface area contributed by atoms with Gasteiger partial charge >= 0.3 is 5.97 Å². The third kappa shape index (κ3) is 4.24. The van der Waals surface area contributed by atoms with E-state index in [1.807, 2.05) is 18.2 Å². The maximum Gasteiger partial charge on any atom is 0.320 e. The van der Waals surface area contributed by atoms with E-state index in [0.29, 0.717) is 6.42 Å². The first kappa shape index (κ1) is 19.7. The zero-order valence-electron chi connectivity index (χ0n) is 16.5. The van der Waals surface area contributed by atoms with E-state index < -0.39 is 12.0 Å². The second-order valence-electron chi connectivity index (χ2n) is 7.40. The molecule has 29 heavy (non-hydrogen) atoms. The molecule has 0 aromatic heterocycles. The summed E-state index contributed by atoms with van der Waals surface area (Å²) < 4.78 is 0. The van der Waals surface area contributed by atoms with Crippen molar-refractivity contribution < 1.29 is 9.90 Å². The Labute approximate surface area is 176 Å². The zero-order valence-corrected chi connectivity index (χ0v) is 17.3. The normalized spacial score (nSPS) is 17.9. The van der Waals surface area contributed by atoms with Crippen molar-refractivity contribution in [3.63, 3.8) is 0 Å². The van der Waals surface area contributed by atoms with Gasteiger partial charge in [-0.1, -0.05) is 66.7 Å². The van der Waals surface area contributed by atoms with Gasteiger partial charge in [-0.3, -0.25) is 9.69 Å². The lowest BCUT2D eigenvalue weighted by Crippen LogP contribution is -2.39. The molecule has 2 unspecified atom stereocenters. The largest absolute Gasteiger partial charge is 0.480 e. The highest BCUT2D eigenvalue weighted by atomic mass is 32.2. The molecule has 3 nitrogen and oxygen atoms in total. The molecule has 0 bridgehead atoms. The molecule has 0 aliphatic carbocycles. The minimum atomic E-state index is -0.728. The molecule has 4 rings (SSSR count). The summed E-state index contributed by atoms with van der Waals surface area (Å²) in [6.07, 6.45) is 3.69. The maximum absolute atomic E-state index is 11.9. The number of aliphatic carboxylic acids is 1. The third-order valence-corrected chi connectivity index (χ3v) is 6.42. The Balaban J connectivity index is 1.72. The van der Waals surface area contributed by atoms with Gasteiger partial charge in [-0.2, -0.15) is 0 Å². The molecule has 1 N–H and O–H groups in total. The van der Waals surface area contributed by atoms with Crippen molar-refractivity contribution in [2.45, 2.75) is 29.8 Å². The molecule has 0 radical (unpaired) electrons. The number of thioether (sulfide) groups is 1. The molecule has 0 amide bonds. The summed E-state index contributed by atoms with van der Waals surface area (Å²) in [5.74, 6) is -0.728. The lowest BCUT2D eigenvalue weighted by atomic mass is 9.94. The average molecular weight is 404 g/mol. The van der Waals surface area contributed by atoms with Crippen LogP contribution in [-0.4, -0.2) is 34.8 Å². The molecule has 3 aromatic rings. The molecular weight excluding hydrogens is 378 g/mol. The summed E-state index contributed by atoms with van der Waals surface area (Å²) in [6, 6.07) is 26.9. The lowest BCUT2D eigenvalue weighted by Gasteiger charge is -2.32. The standard InChI is InChI=1S/C25H25NO2S/c1-29-22-15-13-21(14-16-22)24(26-17-5-8-23(26)25(27)28)20-11-9-19(10-12-20)18-6-3-2-4-7-18/h2-4,6-7,9-16,23-24H,5,8,17H2,1H3,(H,27,28). The first-order valence-electron chi connectivity index (χ1n) is 9.95. The minimum absolute atomic E-state index is 0.0562. The van der Waals surface area contributed by atoms with E-state index in [2.05, 4.69) is 71.8 Å². The van der Waals surface area contributed by atoms with Crippen molar-refractivity contribution in [2.75, 3.05) is 12.8 Å². The number of carbonyl (C=O) groups is 1. The van der Waals surface area contributed by atoms with Crippen LogP contribution >= 0.6 is 11.8 Å². The number of carboxylic acid groups (broad SMARTS) is 1. The van der Waals surface area contributed by atoms with Gasteiger partial charge in [0.15, 0.2) is 0 Å². The SMILES string of the molecule is CSc1ccc(C(c2ccc(-c3ccccc3)cc2)N2CCCC2C(=O)O)cc1. The zero-order chi connectivity index (χ0) is 20.2. The highest BCUT2D eigenvalue weighted by molar-refractivity contribution is 7.98. The molecule has 1 aliphatic rings. The molecule has 0 saturated carbocycles. The number of carboxylic acids is 1. The van der Waals surface area contributed by atoms with Crippen molar-refractivity contribution in [1.82, 2.24) is 4.90 Å². The van der Waals surface area contributed by atoms with Crippen molar-refractivity contribution in [3.8, 4) is 11.1 Å². The Morgan fingerprint density at radius 1 is 0.931 bits per heavy atom. The van der Waals surface area contributed by atoms with Crippen molar-refractivity contribution in [2.24, 2.45) is 0 Å². The highest BCUT2D eigenvalue weighted by Crippen LogP contribution is 2.36. The molecule has 2 atom stereocenters. The van der Waals surface area contributed by atoms with Gasteiger partial charge in [0.25, 0.3) is 0 Å². The van der Waals surface area contributed by atoms with Gasteiger partial charge in [0.2, 0.25) is 0 Å². The van der Waals surface area contributed by atoms with Crippen molar-refractivity contribution >= 4 is 17.7 Å². The molecule has 1 saturated heterocycles. The maximum atomic E-state index is 11.9. The van der Waals surface area contributed by atoms with E-state index in [1.54, 1.807) is 11.8 Å². The minimum Gasteiger partial charge on any atom is -0.480 e. The number of hydrogen-bond acceptors (Lipinski definition) is 3. The first-order chi connectivity index (χ1) is 14.2. The fourth-order valence-electron chi connectivity index (χ4n) is 4.21. The fraction of sp³-hybridized carbons (Fsp3) is 0.240. The Kier molecular flexibility index (Phi) is 6.02. The highest BCUT2D eigenvalue weighted by Gasteiger charge is 2.36. The summed E-state index contributed by atoms with van der Waals surface area (Å²) in [5, 5.41) is 9.76. The van der Waals surface area contributed by atoms with Crippen LogP contribution in [0.15, 0.2) is 83.8 Å².